The van der Waals surface area contributed by atoms with Crippen LogP contribution in [0.1, 0.15) is 41.1 Å². The van der Waals surface area contributed by atoms with E-state index in [4.69, 9.17) is 24.2 Å². The molecule has 2 aromatic rings. The van der Waals surface area contributed by atoms with E-state index in [1.54, 1.807) is 12.4 Å². The van der Waals surface area contributed by atoms with Crippen molar-refractivity contribution >= 4 is 17.8 Å². The van der Waals surface area contributed by atoms with Gasteiger partial charge in [0, 0.05) is 37.4 Å². The molecule has 2 fully saturated rings. The van der Waals surface area contributed by atoms with E-state index in [1.165, 1.54) is 6.42 Å². The molecule has 39 heavy (non-hydrogen) atoms. The van der Waals surface area contributed by atoms with E-state index in [-0.39, 0.29) is 11.3 Å². The molecule has 1 amide bonds. The van der Waals surface area contributed by atoms with Gasteiger partial charge in [-0.1, -0.05) is 0 Å². The Hall–Kier alpha value is -3.62. The Morgan fingerprint density at radius 1 is 0.974 bits per heavy atom. The highest BCUT2D eigenvalue weighted by molar-refractivity contribution is 5.94. The molecule has 15 heteroatoms. The van der Waals surface area contributed by atoms with Crippen LogP contribution in [0.4, 0.5) is 26.3 Å². The Bertz CT molecular complexity index is 1100. The van der Waals surface area contributed by atoms with E-state index >= 15 is 0 Å². The summed E-state index contributed by atoms with van der Waals surface area (Å²) in [5.74, 6) is -3.39. The summed E-state index contributed by atoms with van der Waals surface area (Å²) in [6.07, 6.45) is -3.34. The highest BCUT2D eigenvalue weighted by Crippen LogP contribution is 2.39. The molecule has 2 aliphatic rings. The summed E-state index contributed by atoms with van der Waals surface area (Å²) < 4.78 is 69.2. The quantitative estimate of drug-likeness (QED) is 0.524. The largest absolute Gasteiger partial charge is 0.490 e. The van der Waals surface area contributed by atoms with Crippen molar-refractivity contribution < 1.29 is 55.4 Å². The van der Waals surface area contributed by atoms with Crippen molar-refractivity contribution in [3.05, 3.63) is 53.7 Å². The number of aromatic nitrogens is 1. The molecule has 1 atom stereocenters. The van der Waals surface area contributed by atoms with Gasteiger partial charge < -0.3 is 19.5 Å². The number of pyridine rings is 1. The number of furan rings is 1. The lowest BCUT2D eigenvalue weighted by molar-refractivity contribution is -0.193. The molecule has 4 heterocycles. The van der Waals surface area contributed by atoms with Crippen LogP contribution in [0.25, 0.3) is 0 Å². The first-order chi connectivity index (χ1) is 18.0. The minimum absolute atomic E-state index is 0.118. The molecular formula is C24H27F6N3O6. The normalized spacial score (nSPS) is 19.5. The number of amides is 1. The van der Waals surface area contributed by atoms with Crippen LogP contribution in [-0.2, 0) is 16.1 Å². The van der Waals surface area contributed by atoms with Crippen molar-refractivity contribution in [2.24, 2.45) is 5.41 Å². The van der Waals surface area contributed by atoms with Gasteiger partial charge in [-0.05, 0) is 57.0 Å². The maximum Gasteiger partial charge on any atom is 0.490 e. The number of aryl methyl sites for hydroxylation is 1. The second-order valence-electron chi connectivity index (χ2n) is 9.15. The molecule has 0 aliphatic carbocycles. The fourth-order valence-electron chi connectivity index (χ4n) is 4.34. The molecule has 1 unspecified atom stereocenters. The molecule has 0 radical (unpaired) electrons. The number of hydrogen-bond acceptors (Lipinski definition) is 6. The molecule has 2 saturated heterocycles. The second kappa shape index (κ2) is 13.0. The molecule has 2 aliphatic heterocycles. The Balaban J connectivity index is 0.000000317. The van der Waals surface area contributed by atoms with Gasteiger partial charge in [-0.3, -0.25) is 14.7 Å². The summed E-state index contributed by atoms with van der Waals surface area (Å²) in [4.78, 5) is 39.1. The van der Waals surface area contributed by atoms with Crippen LogP contribution in [0.3, 0.4) is 0 Å². The third-order valence-electron chi connectivity index (χ3n) is 6.03. The summed E-state index contributed by atoms with van der Waals surface area (Å²) in [5, 5.41) is 14.2. The number of aliphatic carboxylic acids is 2. The zero-order valence-corrected chi connectivity index (χ0v) is 20.8. The van der Waals surface area contributed by atoms with E-state index in [0.29, 0.717) is 5.56 Å². The average molecular weight is 567 g/mol. The Labute approximate surface area is 219 Å². The molecule has 4 rings (SSSR count). The van der Waals surface area contributed by atoms with Gasteiger partial charge in [0.2, 0.25) is 0 Å². The first-order valence-corrected chi connectivity index (χ1v) is 11.6. The minimum Gasteiger partial charge on any atom is -0.475 e. The highest BCUT2D eigenvalue weighted by atomic mass is 19.4. The van der Waals surface area contributed by atoms with Gasteiger partial charge >= 0.3 is 24.3 Å². The van der Waals surface area contributed by atoms with E-state index in [2.05, 4.69) is 16.0 Å². The second-order valence-corrected chi connectivity index (χ2v) is 9.15. The standard InChI is InChI=1S/C20H25N3O2.2C2HF3O2/c1-16-5-6-18(25-16)13-22-11-8-20(14-22)7-3-10-23(15-20)19(24)17-4-2-9-21-12-17;2*3-2(4,5)1(6)7/h2,4-6,9,12H,3,7-8,10-11,13-15H2,1H3;2*(H,6,7). The van der Waals surface area contributed by atoms with Gasteiger partial charge in [0.25, 0.3) is 5.91 Å². The number of rotatable bonds is 3. The number of piperidine rings is 1. The number of nitrogens with zero attached hydrogens (tertiary/aromatic N) is 3. The molecule has 2 N–H and O–H groups in total. The van der Waals surface area contributed by atoms with Crippen molar-refractivity contribution in [2.75, 3.05) is 26.2 Å². The molecule has 216 valence electrons. The van der Waals surface area contributed by atoms with Crippen LogP contribution < -0.4 is 0 Å². The Morgan fingerprint density at radius 3 is 2.08 bits per heavy atom. The van der Waals surface area contributed by atoms with Crippen molar-refractivity contribution in [1.29, 1.82) is 0 Å². The van der Waals surface area contributed by atoms with Crippen LogP contribution in [0.5, 0.6) is 0 Å². The number of carbonyl (C=O) groups is 3. The van der Waals surface area contributed by atoms with Crippen molar-refractivity contribution in [3.8, 4) is 0 Å². The summed E-state index contributed by atoms with van der Waals surface area (Å²) in [7, 11) is 0. The lowest BCUT2D eigenvalue weighted by atomic mass is 9.79. The fraction of sp³-hybridized carbons (Fsp3) is 0.500. The molecule has 0 aromatic carbocycles. The molecule has 0 bridgehead atoms. The van der Waals surface area contributed by atoms with Gasteiger partial charge in [0.15, 0.2) is 0 Å². The Kier molecular flexibility index (Phi) is 10.5. The lowest BCUT2D eigenvalue weighted by Crippen LogP contribution is -2.47. The molecule has 2 aromatic heterocycles. The fourth-order valence-corrected chi connectivity index (χ4v) is 4.34. The average Bonchev–Trinajstić information content (AvgIpc) is 3.44. The van der Waals surface area contributed by atoms with Crippen LogP contribution >= 0.6 is 0 Å². The van der Waals surface area contributed by atoms with E-state index in [9.17, 15) is 31.1 Å². The highest BCUT2D eigenvalue weighted by Gasteiger charge is 2.43. The third kappa shape index (κ3) is 9.89. The van der Waals surface area contributed by atoms with E-state index in [0.717, 1.165) is 57.1 Å². The SMILES string of the molecule is Cc1ccc(CN2CCC3(CCCN(C(=O)c4cccnc4)C3)C2)o1.O=C(O)C(F)(F)F.O=C(O)C(F)(F)F. The minimum atomic E-state index is -5.08. The topological polar surface area (TPSA) is 124 Å². The maximum absolute atomic E-state index is 12.8. The van der Waals surface area contributed by atoms with Crippen LogP contribution in [0.2, 0.25) is 0 Å². The Morgan fingerprint density at radius 2 is 1.59 bits per heavy atom. The van der Waals surface area contributed by atoms with Gasteiger partial charge in [0.05, 0.1) is 12.1 Å². The number of halogens is 6. The van der Waals surface area contributed by atoms with Gasteiger partial charge in [-0.2, -0.15) is 26.3 Å². The number of carboxylic acid groups (broad SMARTS) is 2. The van der Waals surface area contributed by atoms with Crippen LogP contribution in [-0.4, -0.2) is 81.4 Å². The van der Waals surface area contributed by atoms with Crippen LogP contribution in [0, 0.1) is 12.3 Å². The van der Waals surface area contributed by atoms with E-state index in [1.807, 2.05) is 30.0 Å². The van der Waals surface area contributed by atoms with Crippen LogP contribution in [0.15, 0.2) is 41.1 Å². The first-order valence-electron chi connectivity index (χ1n) is 11.6. The van der Waals surface area contributed by atoms with Crippen molar-refractivity contribution in [3.63, 3.8) is 0 Å². The van der Waals surface area contributed by atoms with Gasteiger partial charge in [0.1, 0.15) is 11.5 Å². The smallest absolute Gasteiger partial charge is 0.475 e. The lowest BCUT2D eigenvalue weighted by Gasteiger charge is -2.40. The predicted molar refractivity (Wildman–Crippen MR) is 123 cm³/mol. The summed E-state index contributed by atoms with van der Waals surface area (Å²) >= 11 is 0. The monoisotopic (exact) mass is 567 g/mol. The summed E-state index contributed by atoms with van der Waals surface area (Å²) in [6, 6.07) is 7.78. The van der Waals surface area contributed by atoms with Gasteiger partial charge in [-0.15, -0.1) is 0 Å². The van der Waals surface area contributed by atoms with Crippen molar-refractivity contribution in [2.45, 2.75) is 45.1 Å². The summed E-state index contributed by atoms with van der Waals surface area (Å²) in [5.41, 5.74) is 0.929. The first kappa shape index (κ1) is 31.6. The zero-order chi connectivity index (χ0) is 29.4. The number of carboxylic acids is 2. The number of likely N-dealkylation sites (tertiary alicyclic amines) is 2. The molecular weight excluding hydrogens is 540 g/mol. The number of carbonyl (C=O) groups excluding carboxylic acids is 1. The third-order valence-corrected chi connectivity index (χ3v) is 6.03. The van der Waals surface area contributed by atoms with Gasteiger partial charge in [-0.25, -0.2) is 9.59 Å². The number of alkyl halides is 6. The zero-order valence-electron chi connectivity index (χ0n) is 20.8. The molecule has 1 spiro atoms. The number of hydrogen-bond donors (Lipinski definition) is 2. The van der Waals surface area contributed by atoms with E-state index < -0.39 is 24.3 Å². The molecule has 9 nitrogen and oxygen atoms in total. The predicted octanol–water partition coefficient (Wildman–Crippen LogP) is 4.38. The summed E-state index contributed by atoms with van der Waals surface area (Å²) in [6.45, 7) is 6.68. The molecule has 0 saturated carbocycles. The van der Waals surface area contributed by atoms with Crippen molar-refractivity contribution in [1.82, 2.24) is 14.8 Å². The maximum atomic E-state index is 12.8.